The average Bonchev–Trinajstić information content (AvgIpc) is 2.93. The number of halogens is 1. The first-order valence-corrected chi connectivity index (χ1v) is 9.11. The number of hydrogen-bond donors (Lipinski definition) is 1. The molecule has 0 atom stereocenters. The van der Waals surface area contributed by atoms with Gasteiger partial charge in [0.2, 0.25) is 0 Å². The molecule has 0 radical (unpaired) electrons. The Kier molecular flexibility index (Phi) is 4.04. The minimum absolute atomic E-state index is 0.0546. The van der Waals surface area contributed by atoms with Crippen molar-refractivity contribution in [2.45, 2.75) is 33.1 Å². The van der Waals surface area contributed by atoms with Crippen molar-refractivity contribution in [3.8, 4) is 11.4 Å². The van der Waals surface area contributed by atoms with Crippen LogP contribution in [0.3, 0.4) is 0 Å². The number of pyridine rings is 1. The lowest BCUT2D eigenvalue weighted by atomic mass is 9.94. The zero-order valence-corrected chi connectivity index (χ0v) is 16.6. The second-order valence-electron chi connectivity index (χ2n) is 6.85. The van der Waals surface area contributed by atoms with E-state index in [1.165, 1.54) is 11.3 Å². The van der Waals surface area contributed by atoms with E-state index in [0.717, 1.165) is 15.0 Å². The maximum absolute atomic E-state index is 12.5. The third-order valence-corrected chi connectivity index (χ3v) is 6.31. The van der Waals surface area contributed by atoms with E-state index in [4.69, 9.17) is 0 Å². The molecule has 3 heterocycles. The second kappa shape index (κ2) is 5.67. The molecule has 7 heteroatoms. The van der Waals surface area contributed by atoms with Crippen LogP contribution >= 0.6 is 27.3 Å². The zero-order chi connectivity index (χ0) is 17.8. The van der Waals surface area contributed by atoms with Gasteiger partial charge in [-0.1, -0.05) is 20.8 Å². The molecule has 3 aromatic rings. The summed E-state index contributed by atoms with van der Waals surface area (Å²) in [4.78, 5) is 34.0. The van der Waals surface area contributed by atoms with Gasteiger partial charge in [-0.3, -0.25) is 9.59 Å². The Morgan fingerprint density at radius 1 is 1.25 bits per heavy atom. The van der Waals surface area contributed by atoms with E-state index in [9.17, 15) is 9.59 Å². The molecule has 0 fully saturated rings. The number of aromatic amines is 1. The highest BCUT2D eigenvalue weighted by atomic mass is 79.9. The van der Waals surface area contributed by atoms with E-state index in [0.29, 0.717) is 21.6 Å². The number of aromatic nitrogens is 3. The van der Waals surface area contributed by atoms with E-state index >= 15 is 0 Å². The highest BCUT2D eigenvalue weighted by molar-refractivity contribution is 9.10. The van der Waals surface area contributed by atoms with Crippen molar-refractivity contribution in [2.24, 2.45) is 7.05 Å². The molecule has 0 aliphatic rings. The van der Waals surface area contributed by atoms with Crippen LogP contribution in [0.2, 0.25) is 0 Å². The molecule has 3 rings (SSSR count). The number of nitrogens with zero attached hydrogens (tertiary/aromatic N) is 2. The minimum atomic E-state index is -0.222. The molecule has 0 amide bonds. The average molecular weight is 408 g/mol. The molecule has 0 aliphatic carbocycles. The molecular formula is C17H18BrN3O2S. The molecule has 1 N–H and O–H groups in total. The monoisotopic (exact) mass is 407 g/mol. The first kappa shape index (κ1) is 17.1. The maximum Gasteiger partial charge on any atom is 0.261 e. The Balaban J connectivity index is 2.30. The van der Waals surface area contributed by atoms with Crippen LogP contribution in [0.25, 0.3) is 21.6 Å². The van der Waals surface area contributed by atoms with Gasteiger partial charge in [-0.2, -0.15) is 0 Å². The van der Waals surface area contributed by atoms with Gasteiger partial charge in [0.1, 0.15) is 10.7 Å². The number of fused-ring (bicyclic) bond motifs is 1. The fourth-order valence-electron chi connectivity index (χ4n) is 2.38. The zero-order valence-electron chi connectivity index (χ0n) is 14.2. The number of nitrogens with one attached hydrogen (secondary N) is 1. The topological polar surface area (TPSA) is 67.8 Å². The van der Waals surface area contributed by atoms with E-state index in [2.05, 4.69) is 46.7 Å². The molecule has 5 nitrogen and oxygen atoms in total. The molecule has 0 spiro atoms. The number of H-pyrrole nitrogens is 1. The SMILES string of the molecule is Cc1c(Br)cc(-c2nc3sc(C(C)(C)C)cc3c(=O)[nH]2)c(=O)n1C. The van der Waals surface area contributed by atoms with Crippen LogP contribution in [0.4, 0.5) is 0 Å². The highest BCUT2D eigenvalue weighted by Crippen LogP contribution is 2.32. The van der Waals surface area contributed by atoms with Crippen molar-refractivity contribution >= 4 is 37.5 Å². The van der Waals surface area contributed by atoms with Crippen LogP contribution in [0, 0.1) is 6.92 Å². The lowest BCUT2D eigenvalue weighted by molar-refractivity contribution is 0.604. The summed E-state index contributed by atoms with van der Waals surface area (Å²) in [6, 6.07) is 3.60. The van der Waals surface area contributed by atoms with Crippen molar-refractivity contribution in [1.82, 2.24) is 14.5 Å². The predicted molar refractivity (Wildman–Crippen MR) is 102 cm³/mol. The van der Waals surface area contributed by atoms with Crippen LogP contribution in [-0.4, -0.2) is 14.5 Å². The summed E-state index contributed by atoms with van der Waals surface area (Å²) < 4.78 is 2.34. The van der Waals surface area contributed by atoms with Crippen molar-refractivity contribution in [3.63, 3.8) is 0 Å². The summed E-state index contributed by atoms with van der Waals surface area (Å²) >= 11 is 4.94. The summed E-state index contributed by atoms with van der Waals surface area (Å²) in [7, 11) is 1.70. The third-order valence-electron chi connectivity index (χ3n) is 4.05. The molecule has 0 unspecified atom stereocenters. The Morgan fingerprint density at radius 2 is 1.92 bits per heavy atom. The quantitative estimate of drug-likeness (QED) is 0.668. The molecule has 0 aliphatic heterocycles. The summed E-state index contributed by atoms with van der Waals surface area (Å²) in [6.45, 7) is 8.14. The first-order chi connectivity index (χ1) is 11.1. The van der Waals surface area contributed by atoms with Crippen molar-refractivity contribution in [1.29, 1.82) is 0 Å². The number of thiophene rings is 1. The lowest BCUT2D eigenvalue weighted by Gasteiger charge is -2.14. The van der Waals surface area contributed by atoms with Gasteiger partial charge in [0.15, 0.2) is 0 Å². The lowest BCUT2D eigenvalue weighted by Crippen LogP contribution is -2.22. The molecule has 3 aromatic heterocycles. The van der Waals surface area contributed by atoms with Gasteiger partial charge in [0, 0.05) is 22.1 Å². The normalized spacial score (nSPS) is 12.1. The van der Waals surface area contributed by atoms with E-state index in [1.54, 1.807) is 17.7 Å². The van der Waals surface area contributed by atoms with Gasteiger partial charge >= 0.3 is 0 Å². The molecule has 0 bridgehead atoms. The molecule has 24 heavy (non-hydrogen) atoms. The fraction of sp³-hybridized carbons (Fsp3) is 0.353. The highest BCUT2D eigenvalue weighted by Gasteiger charge is 2.20. The number of hydrogen-bond acceptors (Lipinski definition) is 4. The smallest absolute Gasteiger partial charge is 0.261 e. The molecule has 0 saturated heterocycles. The van der Waals surface area contributed by atoms with Gasteiger partial charge in [0.05, 0.1) is 10.9 Å². The van der Waals surface area contributed by atoms with Crippen molar-refractivity contribution < 1.29 is 0 Å². The van der Waals surface area contributed by atoms with Gasteiger partial charge in [-0.15, -0.1) is 11.3 Å². The molecule has 126 valence electrons. The van der Waals surface area contributed by atoms with Crippen LogP contribution in [0.15, 0.2) is 26.2 Å². The Morgan fingerprint density at radius 3 is 2.54 bits per heavy atom. The van der Waals surface area contributed by atoms with Crippen molar-refractivity contribution in [2.75, 3.05) is 0 Å². The minimum Gasteiger partial charge on any atom is -0.314 e. The molecular weight excluding hydrogens is 390 g/mol. The fourth-order valence-corrected chi connectivity index (χ4v) is 3.97. The second-order valence-corrected chi connectivity index (χ2v) is 8.73. The Labute approximate surface area is 151 Å². The van der Waals surface area contributed by atoms with Crippen LogP contribution in [0.5, 0.6) is 0 Å². The summed E-state index contributed by atoms with van der Waals surface area (Å²) in [5, 5.41) is 0.566. The Bertz CT molecular complexity index is 1070. The van der Waals surface area contributed by atoms with Gasteiger partial charge in [-0.25, -0.2) is 4.98 Å². The van der Waals surface area contributed by atoms with Gasteiger partial charge < -0.3 is 9.55 Å². The summed E-state index contributed by atoms with van der Waals surface area (Å²) in [5.74, 6) is 0.302. The Hall–Kier alpha value is -1.73. The van der Waals surface area contributed by atoms with Gasteiger partial charge in [0.25, 0.3) is 11.1 Å². The summed E-state index contributed by atoms with van der Waals surface area (Å²) in [6.07, 6.45) is 0. The summed E-state index contributed by atoms with van der Waals surface area (Å²) in [5.41, 5.74) is 0.727. The third kappa shape index (κ3) is 2.75. The predicted octanol–water partition coefficient (Wildman–Crippen LogP) is 3.72. The number of rotatable bonds is 1. The maximum atomic E-state index is 12.5. The van der Waals surface area contributed by atoms with Crippen LogP contribution < -0.4 is 11.1 Å². The van der Waals surface area contributed by atoms with Crippen molar-refractivity contribution in [3.05, 3.63) is 47.9 Å². The van der Waals surface area contributed by atoms with Crippen LogP contribution in [-0.2, 0) is 12.5 Å². The van der Waals surface area contributed by atoms with Gasteiger partial charge in [-0.05, 0) is 40.4 Å². The van der Waals surface area contributed by atoms with E-state index in [1.807, 2.05) is 13.0 Å². The molecule has 0 aromatic carbocycles. The van der Waals surface area contributed by atoms with Crippen LogP contribution in [0.1, 0.15) is 31.3 Å². The molecule has 0 saturated carbocycles. The first-order valence-electron chi connectivity index (χ1n) is 7.50. The largest absolute Gasteiger partial charge is 0.314 e. The van der Waals surface area contributed by atoms with E-state index < -0.39 is 0 Å². The standard InChI is InChI=1S/C17H18BrN3O2S/c1-8-11(18)6-9(16(23)21(8)5)13-19-14(22)10-7-12(17(2,3)4)24-15(10)20-13/h6-7H,1-5H3,(H,19,20,22). The van der Waals surface area contributed by atoms with E-state index in [-0.39, 0.29) is 16.5 Å².